The van der Waals surface area contributed by atoms with Crippen LogP contribution in [-0.4, -0.2) is 75.4 Å². The van der Waals surface area contributed by atoms with Crippen molar-refractivity contribution in [1.29, 1.82) is 0 Å². The highest BCUT2D eigenvalue weighted by Crippen LogP contribution is 2.76. The zero-order chi connectivity index (χ0) is 36.6. The molecule has 0 spiro atoms. The van der Waals surface area contributed by atoms with E-state index < -0.39 is 29.4 Å². The number of esters is 1. The Hall–Kier alpha value is -1.03. The Morgan fingerprint density at radius 3 is 2.16 bits per heavy atom. The molecule has 0 aromatic heterocycles. The van der Waals surface area contributed by atoms with Gasteiger partial charge in [-0.2, -0.15) is 11.8 Å². The van der Waals surface area contributed by atoms with Crippen molar-refractivity contribution in [3.05, 3.63) is 0 Å². The normalized spacial score (nSPS) is 43.9. The van der Waals surface area contributed by atoms with Gasteiger partial charge in [-0.1, -0.05) is 34.6 Å². The summed E-state index contributed by atoms with van der Waals surface area (Å²) < 4.78 is 18.6. The van der Waals surface area contributed by atoms with Gasteiger partial charge in [0.2, 0.25) is 0 Å². The number of carbonyl (C=O) groups is 2. The molecule has 0 aromatic rings. The first-order chi connectivity index (χ1) is 22.4. The lowest BCUT2D eigenvalue weighted by Gasteiger charge is -2.70. The number of aliphatic hydroxyl groups excluding tert-OH is 1. The van der Waals surface area contributed by atoms with Gasteiger partial charge in [-0.3, -0.25) is 0 Å². The number of hydrogen-bond donors (Lipinski definition) is 3. The number of amides is 1. The quantitative estimate of drug-likeness (QED) is 0.218. The van der Waals surface area contributed by atoms with Crippen molar-refractivity contribution in [2.24, 2.45) is 45.3 Å². The molecule has 4 saturated carbocycles. The minimum Gasteiger partial charge on any atom is -0.460 e. The molecule has 5 aliphatic rings. The van der Waals surface area contributed by atoms with Crippen molar-refractivity contribution < 1.29 is 34.0 Å². The number of thioether (sulfide) groups is 1. The number of carbonyl (C=O) groups excluding carboxylic acids is 2. The van der Waals surface area contributed by atoms with E-state index in [1.54, 1.807) is 11.8 Å². The van der Waals surface area contributed by atoms with Crippen LogP contribution in [0.2, 0.25) is 0 Å². The zero-order valence-electron chi connectivity index (χ0n) is 32.7. The van der Waals surface area contributed by atoms with Crippen LogP contribution >= 0.6 is 11.8 Å². The Balaban J connectivity index is 1.34. The SMILES string of the molecule is CSCC[C@H](NC(=O)OC(C)(C)C)C(=O)O[C@H]1CC[C@]2(C)[C@H]3C[C@@H](O)[C@@H]4[C@@H]([C@]5(C)CC[C@@H](C(C)(C)O)O5)CC[C@@]4(C)[C@]3(C)CC[C@H]2C1(C)C. The maximum atomic E-state index is 13.7. The van der Waals surface area contributed by atoms with E-state index in [1.807, 2.05) is 40.9 Å². The van der Waals surface area contributed by atoms with Gasteiger partial charge in [0.1, 0.15) is 17.7 Å². The maximum Gasteiger partial charge on any atom is 0.408 e. The predicted molar refractivity (Wildman–Crippen MR) is 195 cm³/mol. The highest BCUT2D eigenvalue weighted by Gasteiger charge is 2.72. The number of nitrogens with one attached hydrogen (secondary N) is 1. The van der Waals surface area contributed by atoms with Crippen LogP contribution in [0.5, 0.6) is 0 Å². The van der Waals surface area contributed by atoms with E-state index in [0.717, 1.165) is 63.5 Å². The second-order valence-corrected chi connectivity index (χ2v) is 20.8. The zero-order valence-corrected chi connectivity index (χ0v) is 33.6. The van der Waals surface area contributed by atoms with Gasteiger partial charge in [0.05, 0.1) is 23.4 Å². The summed E-state index contributed by atoms with van der Waals surface area (Å²) in [5.41, 5.74) is -2.08. The lowest BCUT2D eigenvalue weighted by molar-refractivity contribution is -0.251. The summed E-state index contributed by atoms with van der Waals surface area (Å²) in [5.74, 6) is 1.47. The first kappa shape index (κ1) is 39.2. The number of rotatable bonds is 8. The molecule has 1 aliphatic heterocycles. The van der Waals surface area contributed by atoms with Gasteiger partial charge in [0.15, 0.2) is 0 Å². The Morgan fingerprint density at radius 1 is 0.918 bits per heavy atom. The average molecular weight is 708 g/mol. The Morgan fingerprint density at radius 2 is 1.57 bits per heavy atom. The van der Waals surface area contributed by atoms with Gasteiger partial charge in [-0.15, -0.1) is 0 Å². The fourth-order valence-electron chi connectivity index (χ4n) is 12.4. The molecule has 0 unspecified atom stereocenters. The number of hydrogen-bond acceptors (Lipinski definition) is 8. The van der Waals surface area contributed by atoms with E-state index in [0.29, 0.717) is 18.3 Å². The van der Waals surface area contributed by atoms with Crippen molar-refractivity contribution in [3.8, 4) is 0 Å². The topological polar surface area (TPSA) is 114 Å². The van der Waals surface area contributed by atoms with Crippen LogP contribution in [0.1, 0.15) is 140 Å². The molecule has 282 valence electrons. The lowest BCUT2D eigenvalue weighted by Crippen LogP contribution is -2.67. The molecule has 49 heavy (non-hydrogen) atoms. The van der Waals surface area contributed by atoms with Crippen LogP contribution in [-0.2, 0) is 19.0 Å². The lowest BCUT2D eigenvalue weighted by atomic mass is 9.35. The number of aliphatic hydroxyl groups is 2. The molecule has 0 radical (unpaired) electrons. The summed E-state index contributed by atoms with van der Waals surface area (Å²) in [5, 5.41) is 25.8. The second kappa shape index (κ2) is 13.1. The Labute approximate surface area is 301 Å². The number of ether oxygens (including phenoxy) is 3. The summed E-state index contributed by atoms with van der Waals surface area (Å²) in [6.07, 6.45) is 9.62. The second-order valence-electron chi connectivity index (χ2n) is 19.8. The Kier molecular flexibility index (Phi) is 10.5. The summed E-state index contributed by atoms with van der Waals surface area (Å²) in [6.45, 7) is 23.4. The van der Waals surface area contributed by atoms with Crippen molar-refractivity contribution in [3.63, 3.8) is 0 Å². The van der Waals surface area contributed by atoms with E-state index >= 15 is 0 Å². The number of fused-ring (bicyclic) bond motifs is 5. The first-order valence-electron chi connectivity index (χ1n) is 19.2. The van der Waals surface area contributed by atoms with E-state index in [9.17, 15) is 19.8 Å². The van der Waals surface area contributed by atoms with Crippen LogP contribution in [0.4, 0.5) is 4.79 Å². The maximum absolute atomic E-state index is 13.7. The van der Waals surface area contributed by atoms with Gasteiger partial charge < -0.3 is 29.7 Å². The monoisotopic (exact) mass is 707 g/mol. The molecule has 3 N–H and O–H groups in total. The third-order valence-corrected chi connectivity index (χ3v) is 15.7. The van der Waals surface area contributed by atoms with Gasteiger partial charge in [-0.05, 0) is 158 Å². The van der Waals surface area contributed by atoms with Gasteiger partial charge >= 0.3 is 12.1 Å². The molecule has 4 aliphatic carbocycles. The van der Waals surface area contributed by atoms with Crippen LogP contribution in [0, 0.1) is 45.3 Å². The predicted octanol–water partition coefficient (Wildman–Crippen LogP) is 7.91. The van der Waals surface area contributed by atoms with Crippen molar-refractivity contribution in [2.45, 2.75) is 182 Å². The molecule has 5 rings (SSSR count). The van der Waals surface area contributed by atoms with Crippen LogP contribution in [0.15, 0.2) is 0 Å². The third-order valence-electron chi connectivity index (χ3n) is 15.1. The van der Waals surface area contributed by atoms with Crippen LogP contribution in [0.3, 0.4) is 0 Å². The molecule has 1 heterocycles. The van der Waals surface area contributed by atoms with Crippen LogP contribution < -0.4 is 5.32 Å². The molecule has 12 atom stereocenters. The molecular weight excluding hydrogens is 639 g/mol. The van der Waals surface area contributed by atoms with E-state index in [2.05, 4.69) is 46.9 Å². The van der Waals surface area contributed by atoms with Gasteiger partial charge in [0.25, 0.3) is 0 Å². The summed E-state index contributed by atoms with van der Waals surface area (Å²) in [7, 11) is 0. The summed E-state index contributed by atoms with van der Waals surface area (Å²) >= 11 is 1.63. The number of alkyl carbamates (subject to hydrolysis) is 1. The molecule has 9 heteroatoms. The van der Waals surface area contributed by atoms with E-state index in [-0.39, 0.29) is 57.3 Å². The highest BCUT2D eigenvalue weighted by atomic mass is 32.2. The molecule has 5 fully saturated rings. The highest BCUT2D eigenvalue weighted by molar-refractivity contribution is 7.98. The van der Waals surface area contributed by atoms with Crippen molar-refractivity contribution in [1.82, 2.24) is 5.32 Å². The fourth-order valence-corrected chi connectivity index (χ4v) is 12.9. The minimum atomic E-state index is -0.876. The van der Waals surface area contributed by atoms with Gasteiger partial charge in [-0.25, -0.2) is 9.59 Å². The smallest absolute Gasteiger partial charge is 0.408 e. The summed E-state index contributed by atoms with van der Waals surface area (Å²) in [6, 6.07) is -0.758. The average Bonchev–Trinajstić information content (AvgIpc) is 3.56. The van der Waals surface area contributed by atoms with E-state index in [1.165, 1.54) is 0 Å². The molecule has 1 amide bonds. The van der Waals surface area contributed by atoms with E-state index in [4.69, 9.17) is 14.2 Å². The fraction of sp³-hybridized carbons (Fsp3) is 0.950. The third kappa shape index (κ3) is 6.83. The minimum absolute atomic E-state index is 0.000755. The molecular formula is C40H69NO7S. The summed E-state index contributed by atoms with van der Waals surface area (Å²) in [4.78, 5) is 26.4. The molecule has 1 saturated heterocycles. The van der Waals surface area contributed by atoms with Crippen molar-refractivity contribution in [2.75, 3.05) is 12.0 Å². The standard InChI is InChI=1S/C40H69NO7S/c1-34(2,3)48-33(44)41-25(17-22-49-12)32(43)46-29-15-18-37(8)27(35(29,4)5)14-20-38(9)28(37)23-26(42)31-24(13-19-39(31,38)10)40(11)21-16-30(47-40)36(6,7)45/h24-31,42,45H,13-23H2,1-12H3,(H,41,44)/t24-,25-,26+,27-,28+,29-,30-,31-,37-,38+,39+,40-/m0/s1. The largest absolute Gasteiger partial charge is 0.460 e. The molecule has 0 bridgehead atoms. The first-order valence-corrected chi connectivity index (χ1v) is 20.6. The molecule has 0 aromatic carbocycles. The van der Waals surface area contributed by atoms with Gasteiger partial charge in [0, 0.05) is 5.41 Å². The van der Waals surface area contributed by atoms with Crippen molar-refractivity contribution >= 4 is 23.8 Å². The Bertz CT molecular complexity index is 1240. The molecule has 8 nitrogen and oxygen atoms in total. The van der Waals surface area contributed by atoms with Crippen LogP contribution in [0.25, 0.3) is 0 Å².